The maximum atomic E-state index is 11.6. The van der Waals surface area contributed by atoms with Gasteiger partial charge in [0.2, 0.25) is 0 Å². The van der Waals surface area contributed by atoms with Crippen molar-refractivity contribution in [1.29, 1.82) is 0 Å². The molecule has 0 heterocycles. The second kappa shape index (κ2) is 5.94. The monoisotopic (exact) mass is 280 g/mol. The molecule has 1 saturated carbocycles. The van der Waals surface area contributed by atoms with Crippen LogP contribution >= 0.6 is 0 Å². The first-order valence-electron chi connectivity index (χ1n) is 6.24. The Bertz CT molecular complexity index is 524. The Morgan fingerprint density at radius 2 is 1.95 bits per heavy atom. The first-order chi connectivity index (χ1) is 9.47. The van der Waals surface area contributed by atoms with Gasteiger partial charge in [0.15, 0.2) is 11.5 Å². The fourth-order valence-electron chi connectivity index (χ4n) is 2.05. The van der Waals surface area contributed by atoms with Gasteiger partial charge in [-0.25, -0.2) is 4.79 Å². The Morgan fingerprint density at radius 3 is 2.55 bits per heavy atom. The van der Waals surface area contributed by atoms with Crippen molar-refractivity contribution in [2.45, 2.75) is 31.2 Å². The van der Waals surface area contributed by atoms with Crippen LogP contribution in [0.5, 0.6) is 11.5 Å². The maximum absolute atomic E-state index is 11.6. The highest BCUT2D eigenvalue weighted by Gasteiger charge is 2.35. The molecule has 1 aromatic carbocycles. The van der Waals surface area contributed by atoms with Crippen LogP contribution in [0.3, 0.4) is 0 Å². The van der Waals surface area contributed by atoms with Crippen molar-refractivity contribution in [1.82, 2.24) is 0 Å². The van der Waals surface area contributed by atoms with E-state index in [-0.39, 0.29) is 11.5 Å². The average molecular weight is 280 g/mol. The van der Waals surface area contributed by atoms with E-state index in [1.54, 1.807) is 0 Å². The number of aromatic hydroxyl groups is 2. The molecule has 3 unspecified atom stereocenters. The summed E-state index contributed by atoms with van der Waals surface area (Å²) in [5, 5.41) is 37.3. The lowest BCUT2D eigenvalue weighted by Gasteiger charge is -2.15. The highest BCUT2D eigenvalue weighted by molar-refractivity contribution is 5.87. The van der Waals surface area contributed by atoms with Gasteiger partial charge < -0.3 is 25.2 Å². The van der Waals surface area contributed by atoms with Crippen LogP contribution in [0.2, 0.25) is 0 Å². The predicted molar refractivity (Wildman–Crippen MR) is 69.9 cm³/mol. The molecule has 0 radical (unpaired) electrons. The molecule has 0 saturated heterocycles. The number of phenols is 2. The minimum Gasteiger partial charge on any atom is -0.504 e. The average Bonchev–Trinajstić information content (AvgIpc) is 2.72. The molecule has 0 amide bonds. The molecule has 20 heavy (non-hydrogen) atoms. The summed E-state index contributed by atoms with van der Waals surface area (Å²) >= 11 is 0. The number of benzene rings is 1. The van der Waals surface area contributed by atoms with E-state index < -0.39 is 24.3 Å². The molecule has 108 valence electrons. The van der Waals surface area contributed by atoms with Gasteiger partial charge >= 0.3 is 5.97 Å². The van der Waals surface area contributed by atoms with Crippen molar-refractivity contribution in [3.05, 3.63) is 29.8 Å². The van der Waals surface area contributed by atoms with E-state index in [2.05, 4.69) is 0 Å². The minimum absolute atomic E-state index is 0.243. The summed E-state index contributed by atoms with van der Waals surface area (Å²) in [6.45, 7) is 0. The molecule has 1 aliphatic carbocycles. The second-order valence-electron chi connectivity index (χ2n) is 4.69. The van der Waals surface area contributed by atoms with Gasteiger partial charge in [-0.3, -0.25) is 0 Å². The number of aliphatic hydroxyl groups excluding tert-OH is 2. The quantitative estimate of drug-likeness (QED) is 0.366. The van der Waals surface area contributed by atoms with Gasteiger partial charge in [-0.15, -0.1) is 0 Å². The predicted octanol–water partition coefficient (Wildman–Crippen LogP) is 0.538. The molecule has 1 aliphatic rings. The highest BCUT2D eigenvalue weighted by Crippen LogP contribution is 2.26. The third-order valence-electron chi connectivity index (χ3n) is 3.20. The van der Waals surface area contributed by atoms with E-state index in [4.69, 9.17) is 9.84 Å². The number of aliphatic hydroxyl groups is 2. The largest absolute Gasteiger partial charge is 0.504 e. The molecule has 1 aromatic rings. The van der Waals surface area contributed by atoms with E-state index in [0.29, 0.717) is 18.4 Å². The van der Waals surface area contributed by atoms with Crippen LogP contribution in [0, 0.1) is 0 Å². The molecule has 4 N–H and O–H groups in total. The van der Waals surface area contributed by atoms with Crippen LogP contribution in [0.1, 0.15) is 18.4 Å². The van der Waals surface area contributed by atoms with Gasteiger partial charge in [-0.05, 0) is 36.6 Å². The number of hydrogen-bond acceptors (Lipinski definition) is 6. The van der Waals surface area contributed by atoms with E-state index >= 15 is 0 Å². The summed E-state index contributed by atoms with van der Waals surface area (Å²) < 4.78 is 5.02. The highest BCUT2D eigenvalue weighted by atomic mass is 16.6. The van der Waals surface area contributed by atoms with Gasteiger partial charge in [0.05, 0.1) is 6.10 Å². The zero-order chi connectivity index (χ0) is 14.7. The molecule has 2 rings (SSSR count). The normalized spacial score (nSPS) is 26.0. The number of rotatable bonds is 3. The summed E-state index contributed by atoms with van der Waals surface area (Å²) in [5.41, 5.74) is 0.518. The van der Waals surface area contributed by atoms with E-state index in [1.165, 1.54) is 24.3 Å². The third-order valence-corrected chi connectivity index (χ3v) is 3.20. The van der Waals surface area contributed by atoms with Crippen LogP contribution in [-0.2, 0) is 9.53 Å². The lowest BCUT2D eigenvalue weighted by atomic mass is 10.2. The van der Waals surface area contributed by atoms with E-state index in [1.807, 2.05) is 0 Å². The number of carbonyl (C=O) groups is 1. The van der Waals surface area contributed by atoms with Gasteiger partial charge in [0.25, 0.3) is 0 Å². The summed E-state index contributed by atoms with van der Waals surface area (Å²) in [4.78, 5) is 11.6. The fraction of sp³-hybridized carbons (Fsp3) is 0.357. The molecule has 6 nitrogen and oxygen atoms in total. The summed E-state index contributed by atoms with van der Waals surface area (Å²) in [5.74, 6) is -1.17. The van der Waals surface area contributed by atoms with E-state index in [0.717, 1.165) is 6.08 Å². The number of phenolic OH excluding ortho intramolecular Hbond substituents is 2. The molecule has 0 bridgehead atoms. The Hall–Kier alpha value is -2.05. The van der Waals surface area contributed by atoms with Crippen molar-refractivity contribution in [3.63, 3.8) is 0 Å². The number of carbonyl (C=O) groups excluding carboxylic acids is 1. The molecule has 0 aromatic heterocycles. The van der Waals surface area contributed by atoms with Crippen molar-refractivity contribution in [3.8, 4) is 11.5 Å². The Morgan fingerprint density at radius 1 is 1.20 bits per heavy atom. The smallest absolute Gasteiger partial charge is 0.331 e. The molecule has 6 heteroatoms. The van der Waals surface area contributed by atoms with E-state index in [9.17, 15) is 20.1 Å². The Kier molecular flexibility index (Phi) is 4.26. The third kappa shape index (κ3) is 3.28. The molecule has 1 fully saturated rings. The molecule has 3 atom stereocenters. The van der Waals surface area contributed by atoms with Crippen LogP contribution in [0.25, 0.3) is 6.08 Å². The minimum atomic E-state index is -1.05. The zero-order valence-corrected chi connectivity index (χ0v) is 10.6. The van der Waals surface area contributed by atoms with Gasteiger partial charge in [0.1, 0.15) is 12.2 Å². The van der Waals surface area contributed by atoms with Gasteiger partial charge in [-0.2, -0.15) is 0 Å². The summed E-state index contributed by atoms with van der Waals surface area (Å²) in [7, 11) is 0. The first-order valence-corrected chi connectivity index (χ1v) is 6.24. The fourth-order valence-corrected chi connectivity index (χ4v) is 2.05. The van der Waals surface area contributed by atoms with Gasteiger partial charge in [-0.1, -0.05) is 6.07 Å². The Labute approximate surface area is 115 Å². The Balaban J connectivity index is 1.94. The second-order valence-corrected chi connectivity index (χ2v) is 4.69. The standard InChI is InChI=1S/C14H16O6/c15-9-3-1-8(7-11(9)17)2-6-13(18)20-12-5-4-10(16)14(12)19/h1-3,6-7,10,12,14-17,19H,4-5H2/b6-2+. The van der Waals surface area contributed by atoms with Crippen LogP contribution < -0.4 is 0 Å². The van der Waals surface area contributed by atoms with Crippen LogP contribution in [-0.4, -0.2) is 44.7 Å². The molecular formula is C14H16O6. The summed E-state index contributed by atoms with van der Waals surface area (Å²) in [6, 6.07) is 4.12. The van der Waals surface area contributed by atoms with Gasteiger partial charge in [0, 0.05) is 6.08 Å². The van der Waals surface area contributed by atoms with Crippen molar-refractivity contribution < 1.29 is 30.0 Å². The number of hydrogen-bond donors (Lipinski definition) is 4. The molecule has 0 aliphatic heterocycles. The van der Waals surface area contributed by atoms with Crippen molar-refractivity contribution in [2.75, 3.05) is 0 Å². The first kappa shape index (κ1) is 14.4. The van der Waals surface area contributed by atoms with Crippen LogP contribution in [0.4, 0.5) is 0 Å². The SMILES string of the molecule is O=C(/C=C/c1ccc(O)c(O)c1)OC1CCC(O)C1O. The number of ether oxygens (including phenoxy) is 1. The molecular weight excluding hydrogens is 264 g/mol. The lowest BCUT2D eigenvalue weighted by Crippen LogP contribution is -2.32. The van der Waals surface area contributed by atoms with Crippen molar-refractivity contribution in [2.24, 2.45) is 0 Å². The maximum Gasteiger partial charge on any atom is 0.331 e. The topological polar surface area (TPSA) is 107 Å². The van der Waals surface area contributed by atoms with Crippen molar-refractivity contribution >= 4 is 12.0 Å². The van der Waals surface area contributed by atoms with Crippen LogP contribution in [0.15, 0.2) is 24.3 Å². The molecule has 0 spiro atoms. The zero-order valence-electron chi connectivity index (χ0n) is 10.6. The number of esters is 1. The lowest BCUT2D eigenvalue weighted by molar-refractivity contribution is -0.148. The summed E-state index contributed by atoms with van der Waals surface area (Å²) in [6.07, 6.45) is 0.783.